The second-order valence-corrected chi connectivity index (χ2v) is 8.05. The Bertz CT molecular complexity index is 911. The number of hydrogen-bond donors (Lipinski definition) is 1. The molecular formula is C19H17FN2O3S2. The van der Waals surface area contributed by atoms with Gasteiger partial charge in [0.25, 0.3) is 5.91 Å². The van der Waals surface area contributed by atoms with Gasteiger partial charge < -0.3 is 10.1 Å². The van der Waals surface area contributed by atoms with E-state index in [2.05, 4.69) is 10.3 Å². The van der Waals surface area contributed by atoms with Gasteiger partial charge in [-0.2, -0.15) is 0 Å². The van der Waals surface area contributed by atoms with Crippen molar-refractivity contribution in [2.24, 2.45) is 0 Å². The fourth-order valence-corrected chi connectivity index (χ4v) is 4.28. The molecule has 0 saturated carbocycles. The molecule has 0 aliphatic rings. The van der Waals surface area contributed by atoms with E-state index in [1.54, 1.807) is 11.3 Å². The fourth-order valence-electron chi connectivity index (χ4n) is 2.22. The average molecular weight is 404 g/mol. The van der Waals surface area contributed by atoms with Gasteiger partial charge in [0.1, 0.15) is 5.82 Å². The van der Waals surface area contributed by atoms with Crippen molar-refractivity contribution in [2.45, 2.75) is 23.8 Å². The first-order valence-electron chi connectivity index (χ1n) is 8.25. The van der Waals surface area contributed by atoms with E-state index in [1.165, 1.54) is 43.0 Å². The van der Waals surface area contributed by atoms with Crippen LogP contribution in [0.5, 0.6) is 0 Å². The highest BCUT2D eigenvalue weighted by atomic mass is 32.2. The van der Waals surface area contributed by atoms with Gasteiger partial charge >= 0.3 is 5.97 Å². The number of para-hydroxylation sites is 1. The van der Waals surface area contributed by atoms with Gasteiger partial charge in [0.05, 0.1) is 16.6 Å². The molecule has 0 aliphatic heterocycles. The second kappa shape index (κ2) is 8.96. The van der Waals surface area contributed by atoms with Crippen LogP contribution in [0.25, 0.3) is 10.2 Å². The summed E-state index contributed by atoms with van der Waals surface area (Å²) in [4.78, 5) is 28.5. The van der Waals surface area contributed by atoms with Crippen molar-refractivity contribution in [1.29, 1.82) is 0 Å². The van der Waals surface area contributed by atoms with Gasteiger partial charge in [-0.3, -0.25) is 9.59 Å². The molecule has 5 nitrogen and oxygen atoms in total. The molecule has 1 heterocycles. The Hall–Kier alpha value is -2.45. The van der Waals surface area contributed by atoms with E-state index < -0.39 is 23.8 Å². The smallest absolute Gasteiger partial charge is 0.307 e. The zero-order chi connectivity index (χ0) is 19.2. The number of halogens is 1. The molecule has 3 aromatic rings. The van der Waals surface area contributed by atoms with E-state index in [0.29, 0.717) is 11.4 Å². The van der Waals surface area contributed by atoms with E-state index in [9.17, 15) is 14.0 Å². The number of aromatic nitrogens is 1. The van der Waals surface area contributed by atoms with Crippen LogP contribution in [0.2, 0.25) is 0 Å². The molecule has 0 fully saturated rings. The maximum absolute atomic E-state index is 12.9. The Morgan fingerprint density at radius 2 is 1.96 bits per heavy atom. The minimum atomic E-state index is -0.935. The highest BCUT2D eigenvalue weighted by molar-refractivity contribution is 8.01. The molecule has 27 heavy (non-hydrogen) atoms. The quantitative estimate of drug-likeness (QED) is 0.464. The number of nitrogens with zero attached hydrogens (tertiary/aromatic N) is 1. The molecule has 0 saturated heterocycles. The summed E-state index contributed by atoms with van der Waals surface area (Å²) in [5.41, 5.74) is 1.38. The molecule has 0 aliphatic carbocycles. The van der Waals surface area contributed by atoms with Crippen LogP contribution in [0, 0.1) is 5.82 Å². The first kappa shape index (κ1) is 19.3. The van der Waals surface area contributed by atoms with Gasteiger partial charge in [-0.15, -0.1) is 11.3 Å². The third kappa shape index (κ3) is 5.51. The van der Waals surface area contributed by atoms with E-state index in [-0.39, 0.29) is 6.42 Å². The average Bonchev–Trinajstić information content (AvgIpc) is 3.06. The first-order chi connectivity index (χ1) is 13.0. The van der Waals surface area contributed by atoms with Crippen molar-refractivity contribution in [1.82, 2.24) is 4.98 Å². The summed E-state index contributed by atoms with van der Waals surface area (Å²) < 4.78 is 20.0. The lowest BCUT2D eigenvalue weighted by Crippen LogP contribution is -2.30. The Morgan fingerprint density at radius 1 is 1.22 bits per heavy atom. The zero-order valence-electron chi connectivity index (χ0n) is 14.5. The van der Waals surface area contributed by atoms with Gasteiger partial charge in [-0.25, -0.2) is 9.37 Å². The second-order valence-electron chi connectivity index (χ2n) is 5.67. The fraction of sp³-hybridized carbons (Fsp3) is 0.211. The molecule has 1 atom stereocenters. The summed E-state index contributed by atoms with van der Waals surface area (Å²) in [5.74, 6) is -0.789. The molecule has 1 aromatic heterocycles. The minimum Gasteiger partial charge on any atom is -0.453 e. The van der Waals surface area contributed by atoms with E-state index >= 15 is 0 Å². The maximum atomic E-state index is 12.9. The number of thiazole rings is 1. The predicted octanol–water partition coefficient (Wildman–Crippen LogP) is 4.49. The number of nitrogens with one attached hydrogen (secondary N) is 1. The molecule has 3 rings (SSSR count). The van der Waals surface area contributed by atoms with Gasteiger partial charge in [0.2, 0.25) is 0 Å². The zero-order valence-corrected chi connectivity index (χ0v) is 16.1. The van der Waals surface area contributed by atoms with E-state index in [1.807, 2.05) is 24.3 Å². The number of thioether (sulfide) groups is 1. The lowest BCUT2D eigenvalue weighted by Gasteiger charge is -2.13. The van der Waals surface area contributed by atoms with Crippen LogP contribution < -0.4 is 5.32 Å². The van der Waals surface area contributed by atoms with E-state index in [4.69, 9.17) is 4.74 Å². The number of carbonyl (C=O) groups excluding carboxylic acids is 2. The molecule has 1 N–H and O–H groups in total. The largest absolute Gasteiger partial charge is 0.453 e. The highest BCUT2D eigenvalue weighted by Gasteiger charge is 2.18. The van der Waals surface area contributed by atoms with Crippen molar-refractivity contribution in [3.8, 4) is 0 Å². The normalized spacial score (nSPS) is 11.9. The predicted molar refractivity (Wildman–Crippen MR) is 106 cm³/mol. The summed E-state index contributed by atoms with van der Waals surface area (Å²) in [5, 5.41) is 2.57. The molecule has 0 bridgehead atoms. The van der Waals surface area contributed by atoms with Crippen molar-refractivity contribution in [3.05, 3.63) is 54.3 Å². The van der Waals surface area contributed by atoms with Crippen molar-refractivity contribution >= 4 is 50.9 Å². The standard InChI is InChI=1S/C19H17FN2O3S2/c1-12(18(24)21-14-8-6-13(20)7-9-14)25-17(23)10-11-26-19-22-15-4-2-3-5-16(15)27-19/h2-9,12H,10-11H2,1H3,(H,21,24)/t12-/m0/s1. The first-order valence-corrected chi connectivity index (χ1v) is 10.1. The van der Waals surface area contributed by atoms with Crippen LogP contribution in [0.3, 0.4) is 0 Å². The topological polar surface area (TPSA) is 68.3 Å². The number of carbonyl (C=O) groups is 2. The van der Waals surface area contributed by atoms with Gasteiger partial charge in [-0.1, -0.05) is 23.9 Å². The summed E-state index contributed by atoms with van der Waals surface area (Å²) >= 11 is 3.06. The Kier molecular flexibility index (Phi) is 6.41. The lowest BCUT2D eigenvalue weighted by atomic mass is 10.3. The number of hydrogen-bond acceptors (Lipinski definition) is 6. The van der Waals surface area contributed by atoms with Crippen molar-refractivity contribution in [2.75, 3.05) is 11.1 Å². The maximum Gasteiger partial charge on any atom is 0.307 e. The Balaban J connectivity index is 1.42. The number of fused-ring (bicyclic) bond motifs is 1. The van der Waals surface area contributed by atoms with Gasteiger partial charge in [-0.05, 0) is 43.3 Å². The summed E-state index contributed by atoms with van der Waals surface area (Å²) in [6, 6.07) is 13.2. The number of esters is 1. The van der Waals surface area contributed by atoms with Crippen LogP contribution >= 0.6 is 23.1 Å². The number of anilines is 1. The van der Waals surface area contributed by atoms with Crippen LogP contribution in [0.4, 0.5) is 10.1 Å². The lowest BCUT2D eigenvalue weighted by molar-refractivity contribution is -0.152. The SMILES string of the molecule is C[C@H](OC(=O)CCSc1nc2ccccc2s1)C(=O)Nc1ccc(F)cc1. The molecule has 0 spiro atoms. The van der Waals surface area contributed by atoms with Crippen LogP contribution in [-0.4, -0.2) is 28.7 Å². The van der Waals surface area contributed by atoms with E-state index in [0.717, 1.165) is 14.6 Å². The van der Waals surface area contributed by atoms with Crippen LogP contribution in [-0.2, 0) is 14.3 Å². The van der Waals surface area contributed by atoms with Crippen molar-refractivity contribution in [3.63, 3.8) is 0 Å². The molecule has 0 unspecified atom stereocenters. The molecule has 140 valence electrons. The van der Waals surface area contributed by atoms with Crippen molar-refractivity contribution < 1.29 is 18.7 Å². The summed E-state index contributed by atoms with van der Waals surface area (Å²) in [6.45, 7) is 1.50. The Labute approximate surface area is 163 Å². The number of ether oxygens (including phenoxy) is 1. The molecular weight excluding hydrogens is 387 g/mol. The molecule has 2 aromatic carbocycles. The molecule has 8 heteroatoms. The Morgan fingerprint density at radius 3 is 2.70 bits per heavy atom. The highest BCUT2D eigenvalue weighted by Crippen LogP contribution is 2.29. The number of rotatable bonds is 7. The summed E-state index contributed by atoms with van der Waals surface area (Å²) in [7, 11) is 0. The molecule has 0 radical (unpaired) electrons. The minimum absolute atomic E-state index is 0.175. The molecule has 1 amide bonds. The van der Waals surface area contributed by atoms with Gasteiger partial charge in [0, 0.05) is 11.4 Å². The summed E-state index contributed by atoms with van der Waals surface area (Å²) in [6.07, 6.45) is -0.760. The van der Waals surface area contributed by atoms with Crippen LogP contribution in [0.1, 0.15) is 13.3 Å². The third-order valence-electron chi connectivity index (χ3n) is 3.60. The number of amides is 1. The monoisotopic (exact) mass is 404 g/mol. The van der Waals surface area contributed by atoms with Gasteiger partial charge in [0.15, 0.2) is 10.4 Å². The number of benzene rings is 2. The van der Waals surface area contributed by atoms with Crippen LogP contribution in [0.15, 0.2) is 52.9 Å². The third-order valence-corrected chi connectivity index (χ3v) is 5.78.